The smallest absolute Gasteiger partial charge is 0.243 e. The molecule has 1 aromatic rings. The number of halogens is 2. The molecule has 0 bridgehead atoms. The van der Waals surface area contributed by atoms with E-state index in [1.165, 1.54) is 0 Å². The zero-order valence-corrected chi connectivity index (χ0v) is 14.0. The van der Waals surface area contributed by atoms with Gasteiger partial charge in [0.2, 0.25) is 10.0 Å². The van der Waals surface area contributed by atoms with E-state index in [1.807, 2.05) is 7.05 Å². The van der Waals surface area contributed by atoms with Crippen molar-refractivity contribution in [3.8, 4) is 0 Å². The van der Waals surface area contributed by atoms with Gasteiger partial charge in [-0.1, -0.05) is 11.6 Å². The van der Waals surface area contributed by atoms with E-state index in [1.54, 1.807) is 29.4 Å². The summed E-state index contributed by atoms with van der Waals surface area (Å²) in [6, 6.07) is 4.97. The zero-order chi connectivity index (χ0) is 14.0. The first kappa shape index (κ1) is 17.7. The Morgan fingerprint density at radius 3 is 2.75 bits per heavy atom. The molecule has 0 amide bonds. The number of rotatable bonds is 4. The molecule has 1 heterocycles. The Hall–Kier alpha value is -0.330. The minimum absolute atomic E-state index is 0. The summed E-state index contributed by atoms with van der Waals surface area (Å²) in [6.45, 7) is 3.06. The second kappa shape index (κ2) is 7.09. The highest BCUT2D eigenvalue weighted by atomic mass is 35.5. The number of hydrogen-bond acceptors (Lipinski definition) is 3. The van der Waals surface area contributed by atoms with Crippen molar-refractivity contribution in [2.45, 2.75) is 30.7 Å². The number of benzene rings is 1. The zero-order valence-electron chi connectivity index (χ0n) is 11.6. The van der Waals surface area contributed by atoms with E-state index in [2.05, 4.69) is 5.32 Å². The standard InChI is InChI=1S/C13H19ClN2O2S.ClH/c1-10-8-11(14)5-6-13(10)19(17,18)16-7-3-4-12(16)9-15-2;/h5-6,8,12,15H,3-4,7,9H2,1-2H3;1H. The number of nitrogens with one attached hydrogen (secondary N) is 1. The lowest BCUT2D eigenvalue weighted by molar-refractivity contribution is 0.379. The molecule has 0 saturated carbocycles. The minimum atomic E-state index is -3.42. The molecular formula is C13H20Cl2N2O2S. The molecule has 4 nitrogen and oxygen atoms in total. The number of hydrogen-bond donors (Lipinski definition) is 1. The third-order valence-electron chi connectivity index (χ3n) is 3.49. The van der Waals surface area contributed by atoms with Crippen LogP contribution in [0.2, 0.25) is 5.02 Å². The van der Waals surface area contributed by atoms with Gasteiger partial charge in [-0.25, -0.2) is 8.42 Å². The van der Waals surface area contributed by atoms with E-state index < -0.39 is 10.0 Å². The highest BCUT2D eigenvalue weighted by molar-refractivity contribution is 7.89. The molecule has 0 spiro atoms. The van der Waals surface area contributed by atoms with Crippen molar-refractivity contribution in [3.05, 3.63) is 28.8 Å². The van der Waals surface area contributed by atoms with E-state index in [-0.39, 0.29) is 18.4 Å². The van der Waals surface area contributed by atoms with Crippen molar-refractivity contribution < 1.29 is 8.42 Å². The number of sulfonamides is 1. The van der Waals surface area contributed by atoms with Gasteiger partial charge < -0.3 is 5.32 Å². The number of likely N-dealkylation sites (N-methyl/N-ethyl adjacent to an activating group) is 1. The van der Waals surface area contributed by atoms with E-state index in [4.69, 9.17) is 11.6 Å². The van der Waals surface area contributed by atoms with Crippen LogP contribution in [0.25, 0.3) is 0 Å². The quantitative estimate of drug-likeness (QED) is 0.917. The van der Waals surface area contributed by atoms with Gasteiger partial charge in [0.25, 0.3) is 0 Å². The van der Waals surface area contributed by atoms with E-state index in [0.717, 1.165) is 12.8 Å². The fourth-order valence-corrected chi connectivity index (χ4v) is 4.72. The molecule has 1 aliphatic rings. The maximum atomic E-state index is 12.7. The molecule has 1 fully saturated rings. The van der Waals surface area contributed by atoms with Gasteiger partial charge in [0.15, 0.2) is 0 Å². The Kier molecular flexibility index (Phi) is 6.28. The Balaban J connectivity index is 0.00000200. The van der Waals surface area contributed by atoms with Crippen LogP contribution < -0.4 is 5.32 Å². The van der Waals surface area contributed by atoms with Crippen molar-refractivity contribution >= 4 is 34.0 Å². The van der Waals surface area contributed by atoms with Crippen LogP contribution in [0.1, 0.15) is 18.4 Å². The molecule has 0 aliphatic carbocycles. The van der Waals surface area contributed by atoms with Crippen LogP contribution >= 0.6 is 24.0 Å². The second-order valence-corrected chi connectivity index (χ2v) is 7.17. The molecule has 1 unspecified atom stereocenters. The molecule has 1 aliphatic heterocycles. The maximum absolute atomic E-state index is 12.7. The average molecular weight is 339 g/mol. The van der Waals surface area contributed by atoms with E-state index >= 15 is 0 Å². The fraction of sp³-hybridized carbons (Fsp3) is 0.538. The summed E-state index contributed by atoms with van der Waals surface area (Å²) >= 11 is 5.89. The molecule has 1 atom stereocenters. The molecule has 0 radical (unpaired) electrons. The Morgan fingerprint density at radius 2 is 2.15 bits per heavy atom. The normalized spacial score (nSPS) is 19.9. The predicted molar refractivity (Wildman–Crippen MR) is 84.3 cm³/mol. The Morgan fingerprint density at radius 1 is 1.45 bits per heavy atom. The lowest BCUT2D eigenvalue weighted by Crippen LogP contribution is -2.40. The van der Waals surface area contributed by atoms with Gasteiger partial charge in [-0.3, -0.25) is 0 Å². The summed E-state index contributed by atoms with van der Waals surface area (Å²) in [5, 5.41) is 3.62. The first-order valence-electron chi connectivity index (χ1n) is 6.39. The predicted octanol–water partition coefficient (Wildman–Crippen LogP) is 2.44. The number of nitrogens with zero attached hydrogens (tertiary/aromatic N) is 1. The molecule has 0 aromatic heterocycles. The molecule has 1 N–H and O–H groups in total. The van der Waals surface area contributed by atoms with Crippen LogP contribution in [-0.2, 0) is 10.0 Å². The highest BCUT2D eigenvalue weighted by Crippen LogP contribution is 2.28. The Labute approximate surface area is 132 Å². The summed E-state index contributed by atoms with van der Waals surface area (Å²) in [5.41, 5.74) is 0.697. The maximum Gasteiger partial charge on any atom is 0.243 e. The van der Waals surface area contributed by atoms with Crippen molar-refractivity contribution in [2.75, 3.05) is 20.1 Å². The second-order valence-electron chi connectivity index (χ2n) is 4.88. The Bertz CT molecular complexity index is 563. The highest BCUT2D eigenvalue weighted by Gasteiger charge is 2.35. The number of aryl methyl sites for hydroxylation is 1. The summed E-state index contributed by atoms with van der Waals surface area (Å²) in [7, 11) is -1.58. The largest absolute Gasteiger partial charge is 0.318 e. The topological polar surface area (TPSA) is 49.4 Å². The third kappa shape index (κ3) is 3.46. The summed E-state index contributed by atoms with van der Waals surface area (Å²) < 4.78 is 27.0. The third-order valence-corrected chi connectivity index (χ3v) is 5.83. The van der Waals surface area contributed by atoms with Crippen LogP contribution in [0, 0.1) is 6.92 Å². The molecule has 7 heteroatoms. The van der Waals surface area contributed by atoms with Crippen LogP contribution in [0.15, 0.2) is 23.1 Å². The van der Waals surface area contributed by atoms with Gasteiger partial charge in [0.05, 0.1) is 4.90 Å². The monoisotopic (exact) mass is 338 g/mol. The average Bonchev–Trinajstić information content (AvgIpc) is 2.78. The molecule has 20 heavy (non-hydrogen) atoms. The minimum Gasteiger partial charge on any atom is -0.318 e. The molecule has 114 valence electrons. The van der Waals surface area contributed by atoms with E-state index in [0.29, 0.717) is 28.6 Å². The van der Waals surface area contributed by atoms with Gasteiger partial charge in [0.1, 0.15) is 0 Å². The molecule has 1 saturated heterocycles. The van der Waals surface area contributed by atoms with Crippen molar-refractivity contribution in [2.24, 2.45) is 0 Å². The molecular weight excluding hydrogens is 319 g/mol. The van der Waals surface area contributed by atoms with Crippen LogP contribution in [0.4, 0.5) is 0 Å². The van der Waals surface area contributed by atoms with Gasteiger partial charge >= 0.3 is 0 Å². The van der Waals surface area contributed by atoms with Gasteiger partial charge in [-0.05, 0) is 50.6 Å². The van der Waals surface area contributed by atoms with Crippen molar-refractivity contribution in [1.82, 2.24) is 9.62 Å². The van der Waals surface area contributed by atoms with Crippen LogP contribution in [0.5, 0.6) is 0 Å². The van der Waals surface area contributed by atoms with Crippen molar-refractivity contribution in [3.63, 3.8) is 0 Å². The lowest BCUT2D eigenvalue weighted by atomic mass is 10.2. The van der Waals surface area contributed by atoms with Crippen molar-refractivity contribution in [1.29, 1.82) is 0 Å². The SMILES string of the molecule is CNCC1CCCN1S(=O)(=O)c1ccc(Cl)cc1C.Cl. The first-order valence-corrected chi connectivity index (χ1v) is 8.21. The fourth-order valence-electron chi connectivity index (χ4n) is 2.59. The van der Waals surface area contributed by atoms with Gasteiger partial charge in [-0.15, -0.1) is 12.4 Å². The van der Waals surface area contributed by atoms with Crippen LogP contribution in [-0.4, -0.2) is 38.9 Å². The summed E-state index contributed by atoms with van der Waals surface area (Å²) in [5.74, 6) is 0. The van der Waals surface area contributed by atoms with E-state index in [9.17, 15) is 8.42 Å². The van der Waals surface area contributed by atoms with Gasteiger partial charge in [-0.2, -0.15) is 4.31 Å². The van der Waals surface area contributed by atoms with Crippen LogP contribution in [0.3, 0.4) is 0 Å². The summed E-state index contributed by atoms with van der Waals surface area (Å²) in [6.07, 6.45) is 1.82. The lowest BCUT2D eigenvalue weighted by Gasteiger charge is -2.24. The molecule has 2 rings (SSSR count). The van der Waals surface area contributed by atoms with Gasteiger partial charge in [0, 0.05) is 24.2 Å². The molecule has 1 aromatic carbocycles. The summed E-state index contributed by atoms with van der Waals surface area (Å²) in [4.78, 5) is 0.361. The first-order chi connectivity index (χ1) is 8.96.